The van der Waals surface area contributed by atoms with E-state index in [0.29, 0.717) is 41.7 Å². The minimum Gasteiger partial charge on any atom is -0.441 e. The van der Waals surface area contributed by atoms with Crippen molar-refractivity contribution in [3.8, 4) is 11.3 Å². The number of carbonyl (C=O) groups excluding carboxylic acids is 2. The van der Waals surface area contributed by atoms with Crippen LogP contribution >= 0.6 is 11.6 Å². The Kier molecular flexibility index (Phi) is 6.14. The molecule has 2 amide bonds. The quantitative estimate of drug-likeness (QED) is 0.598. The molecule has 6 nitrogen and oxygen atoms in total. The van der Waals surface area contributed by atoms with Crippen molar-refractivity contribution in [3.63, 3.8) is 0 Å². The van der Waals surface area contributed by atoms with Crippen LogP contribution < -0.4 is 5.32 Å². The highest BCUT2D eigenvalue weighted by molar-refractivity contribution is 6.33. The molecule has 1 saturated heterocycles. The van der Waals surface area contributed by atoms with Gasteiger partial charge in [-0.1, -0.05) is 35.9 Å². The Morgan fingerprint density at radius 2 is 2.07 bits per heavy atom. The number of carbonyl (C=O) groups is 2. The second-order valence-corrected chi connectivity index (χ2v) is 7.67. The highest BCUT2D eigenvalue weighted by atomic mass is 35.5. The van der Waals surface area contributed by atoms with E-state index in [1.54, 1.807) is 12.3 Å². The van der Waals surface area contributed by atoms with Gasteiger partial charge in [-0.2, -0.15) is 0 Å². The van der Waals surface area contributed by atoms with Gasteiger partial charge in [0.2, 0.25) is 11.8 Å². The van der Waals surface area contributed by atoms with Gasteiger partial charge < -0.3 is 14.6 Å². The summed E-state index contributed by atoms with van der Waals surface area (Å²) in [5.41, 5.74) is 2.49. The summed E-state index contributed by atoms with van der Waals surface area (Å²) in [6.45, 7) is 1.37. The fourth-order valence-electron chi connectivity index (χ4n) is 3.49. The molecular weight excluding hydrogens is 402 g/mol. The lowest BCUT2D eigenvalue weighted by Crippen LogP contribution is -2.23. The molecule has 7 heteroatoms. The van der Waals surface area contributed by atoms with Gasteiger partial charge in [-0.3, -0.25) is 9.59 Å². The molecule has 30 heavy (non-hydrogen) atoms. The lowest BCUT2D eigenvalue weighted by Gasteiger charge is -2.16. The van der Waals surface area contributed by atoms with Crippen LogP contribution in [0, 0.1) is 0 Å². The molecule has 0 unspecified atom stereocenters. The van der Waals surface area contributed by atoms with Crippen LogP contribution in [0.3, 0.4) is 0 Å². The molecule has 1 aliphatic rings. The second-order valence-electron chi connectivity index (χ2n) is 7.27. The van der Waals surface area contributed by atoms with Gasteiger partial charge in [0.25, 0.3) is 0 Å². The van der Waals surface area contributed by atoms with Gasteiger partial charge in [0, 0.05) is 43.6 Å². The number of aryl methyl sites for hydroxylation is 1. The predicted octanol–water partition coefficient (Wildman–Crippen LogP) is 4.69. The molecule has 1 aliphatic heterocycles. The number of nitrogens with one attached hydrogen (secondary N) is 1. The summed E-state index contributed by atoms with van der Waals surface area (Å²) in [6.07, 6.45) is 3.79. The maximum Gasteiger partial charge on any atom is 0.224 e. The average Bonchev–Trinajstić information content (AvgIpc) is 3.36. The zero-order valence-corrected chi connectivity index (χ0v) is 17.2. The molecule has 0 atom stereocenters. The normalized spacial score (nSPS) is 13.6. The van der Waals surface area contributed by atoms with Crippen LogP contribution in [0.4, 0.5) is 5.69 Å². The molecule has 1 N–H and O–H groups in total. The number of hydrogen-bond acceptors (Lipinski definition) is 4. The van der Waals surface area contributed by atoms with Crippen molar-refractivity contribution in [2.75, 3.05) is 11.9 Å². The summed E-state index contributed by atoms with van der Waals surface area (Å²) in [4.78, 5) is 30.3. The van der Waals surface area contributed by atoms with E-state index in [0.717, 1.165) is 24.1 Å². The van der Waals surface area contributed by atoms with Crippen LogP contribution in [-0.2, 0) is 22.6 Å². The average molecular weight is 424 g/mol. The topological polar surface area (TPSA) is 75.4 Å². The molecule has 0 bridgehead atoms. The Morgan fingerprint density at radius 1 is 1.20 bits per heavy atom. The van der Waals surface area contributed by atoms with E-state index in [2.05, 4.69) is 10.3 Å². The first-order valence-corrected chi connectivity index (χ1v) is 10.3. The summed E-state index contributed by atoms with van der Waals surface area (Å²) in [6, 6.07) is 15.0. The van der Waals surface area contributed by atoms with Crippen molar-refractivity contribution in [2.24, 2.45) is 0 Å². The minimum atomic E-state index is -0.123. The number of hydrogen-bond donors (Lipinski definition) is 1. The number of aromatic nitrogens is 1. The fraction of sp³-hybridized carbons (Fsp3) is 0.261. The van der Waals surface area contributed by atoms with E-state index < -0.39 is 0 Å². The van der Waals surface area contributed by atoms with Crippen molar-refractivity contribution in [1.29, 1.82) is 0 Å². The highest BCUT2D eigenvalue weighted by Gasteiger charge is 2.20. The number of amides is 2. The molecule has 0 saturated carbocycles. The molecule has 0 spiro atoms. The Morgan fingerprint density at radius 3 is 2.87 bits per heavy atom. The second kappa shape index (κ2) is 9.13. The Hall–Kier alpha value is -3.12. The Labute approximate surface area is 179 Å². The SMILES string of the molecule is O=C(CCc1ncc(-c2ccccc2Cl)o1)Nc1cccc(CN2CCCC2=O)c1. The number of anilines is 1. The third kappa shape index (κ3) is 4.89. The van der Waals surface area contributed by atoms with E-state index >= 15 is 0 Å². The first-order valence-electron chi connectivity index (χ1n) is 9.94. The molecule has 4 rings (SSSR count). The lowest BCUT2D eigenvalue weighted by atomic mass is 10.2. The van der Waals surface area contributed by atoms with Crippen LogP contribution in [-0.4, -0.2) is 28.2 Å². The van der Waals surface area contributed by atoms with Crippen molar-refractivity contribution in [3.05, 3.63) is 71.2 Å². The predicted molar refractivity (Wildman–Crippen MR) is 115 cm³/mol. The Balaban J connectivity index is 1.32. The number of halogens is 1. The monoisotopic (exact) mass is 423 g/mol. The largest absolute Gasteiger partial charge is 0.441 e. The summed E-state index contributed by atoms with van der Waals surface area (Å²) in [5.74, 6) is 1.13. The first-order chi connectivity index (χ1) is 14.6. The van der Waals surface area contributed by atoms with Gasteiger partial charge in [0.15, 0.2) is 11.7 Å². The molecule has 154 valence electrons. The van der Waals surface area contributed by atoms with E-state index in [1.165, 1.54) is 0 Å². The summed E-state index contributed by atoms with van der Waals surface area (Å²) >= 11 is 6.19. The number of benzene rings is 2. The van der Waals surface area contributed by atoms with Crippen molar-refractivity contribution in [2.45, 2.75) is 32.2 Å². The van der Waals surface area contributed by atoms with Gasteiger partial charge in [0.05, 0.1) is 11.2 Å². The molecule has 1 aromatic heterocycles. The van der Waals surface area contributed by atoms with Crippen LogP contribution in [0.15, 0.2) is 59.1 Å². The summed E-state index contributed by atoms with van der Waals surface area (Å²) in [5, 5.41) is 3.49. The zero-order chi connectivity index (χ0) is 20.9. The molecule has 2 aromatic carbocycles. The molecule has 3 aromatic rings. The van der Waals surface area contributed by atoms with Crippen LogP contribution in [0.2, 0.25) is 5.02 Å². The Bertz CT molecular complexity index is 1060. The third-order valence-corrected chi connectivity index (χ3v) is 5.34. The smallest absolute Gasteiger partial charge is 0.224 e. The summed E-state index contributed by atoms with van der Waals surface area (Å²) in [7, 11) is 0. The number of rotatable bonds is 7. The van der Waals surface area contributed by atoms with Gasteiger partial charge in [-0.05, 0) is 36.2 Å². The molecule has 1 fully saturated rings. The maximum absolute atomic E-state index is 12.4. The lowest BCUT2D eigenvalue weighted by molar-refractivity contribution is -0.128. The van der Waals surface area contributed by atoms with E-state index in [9.17, 15) is 9.59 Å². The van der Waals surface area contributed by atoms with Crippen LogP contribution in [0.25, 0.3) is 11.3 Å². The standard InChI is InChI=1S/C23H22ClN3O3/c24-19-8-2-1-7-18(19)20-14-25-22(30-20)11-10-21(28)26-17-6-3-5-16(13-17)15-27-12-4-9-23(27)29/h1-3,5-8,13-14H,4,9-12,15H2,(H,26,28). The van der Waals surface area contributed by atoms with E-state index in [1.807, 2.05) is 47.4 Å². The minimum absolute atomic E-state index is 0.123. The fourth-order valence-corrected chi connectivity index (χ4v) is 3.72. The number of nitrogens with zero attached hydrogens (tertiary/aromatic N) is 2. The summed E-state index contributed by atoms with van der Waals surface area (Å²) < 4.78 is 5.74. The van der Waals surface area contributed by atoms with Crippen molar-refractivity contribution < 1.29 is 14.0 Å². The first kappa shape index (κ1) is 20.2. The zero-order valence-electron chi connectivity index (χ0n) is 16.4. The number of oxazole rings is 1. The van der Waals surface area contributed by atoms with Crippen molar-refractivity contribution >= 4 is 29.1 Å². The van der Waals surface area contributed by atoms with Gasteiger partial charge in [-0.25, -0.2) is 4.98 Å². The van der Waals surface area contributed by atoms with Gasteiger partial charge in [0.1, 0.15) is 0 Å². The van der Waals surface area contributed by atoms with Gasteiger partial charge >= 0.3 is 0 Å². The van der Waals surface area contributed by atoms with Gasteiger partial charge in [-0.15, -0.1) is 0 Å². The highest BCUT2D eigenvalue weighted by Crippen LogP contribution is 2.28. The molecule has 2 heterocycles. The third-order valence-electron chi connectivity index (χ3n) is 5.01. The number of likely N-dealkylation sites (tertiary alicyclic amines) is 1. The van der Waals surface area contributed by atoms with Crippen LogP contribution in [0.1, 0.15) is 30.7 Å². The van der Waals surface area contributed by atoms with Crippen LogP contribution in [0.5, 0.6) is 0 Å². The van der Waals surface area contributed by atoms with E-state index in [4.69, 9.17) is 16.0 Å². The maximum atomic E-state index is 12.4. The molecular formula is C23H22ClN3O3. The molecule has 0 aliphatic carbocycles. The van der Waals surface area contributed by atoms with Crippen molar-refractivity contribution in [1.82, 2.24) is 9.88 Å². The molecule has 0 radical (unpaired) electrons. The van der Waals surface area contributed by atoms with E-state index in [-0.39, 0.29) is 18.2 Å².